The van der Waals surface area contributed by atoms with Crippen LogP contribution in [0.15, 0.2) is 64.1 Å². The van der Waals surface area contributed by atoms with Crippen LogP contribution in [0.5, 0.6) is 5.75 Å². The van der Waals surface area contributed by atoms with Crippen molar-refractivity contribution in [2.24, 2.45) is 0 Å². The molecule has 4 rings (SSSR count). The van der Waals surface area contributed by atoms with Crippen LogP contribution < -0.4 is 10.3 Å². The number of para-hydroxylation sites is 2. The summed E-state index contributed by atoms with van der Waals surface area (Å²) < 4.78 is 12.7. The third-order valence-corrected chi connectivity index (χ3v) is 4.86. The predicted octanol–water partition coefficient (Wildman–Crippen LogP) is 2.99. The Balaban J connectivity index is 1.44. The van der Waals surface area contributed by atoms with Gasteiger partial charge >= 0.3 is 0 Å². The van der Waals surface area contributed by atoms with Crippen LogP contribution in [0.1, 0.15) is 5.56 Å². The SMILES string of the molecule is Cc1ccccc1OCCN(C)C(=O)Cn1cnc2c(oc3ccccc32)c1=O. The van der Waals surface area contributed by atoms with Crippen LogP contribution in [0.3, 0.4) is 0 Å². The highest BCUT2D eigenvalue weighted by atomic mass is 16.5. The van der Waals surface area contributed by atoms with Crippen molar-refractivity contribution < 1.29 is 13.9 Å². The van der Waals surface area contributed by atoms with Crippen LogP contribution in [-0.2, 0) is 11.3 Å². The minimum Gasteiger partial charge on any atom is -0.491 e. The number of nitrogens with zero attached hydrogens (tertiary/aromatic N) is 3. The molecule has 0 aliphatic rings. The van der Waals surface area contributed by atoms with E-state index in [-0.39, 0.29) is 23.6 Å². The topological polar surface area (TPSA) is 77.6 Å². The van der Waals surface area contributed by atoms with Crippen LogP contribution in [0.25, 0.3) is 22.1 Å². The van der Waals surface area contributed by atoms with Gasteiger partial charge in [0.1, 0.15) is 30.0 Å². The van der Waals surface area contributed by atoms with Crippen molar-refractivity contribution in [3.63, 3.8) is 0 Å². The third-order valence-electron chi connectivity index (χ3n) is 4.86. The number of aryl methyl sites for hydroxylation is 1. The fourth-order valence-corrected chi connectivity index (χ4v) is 3.13. The summed E-state index contributed by atoms with van der Waals surface area (Å²) in [5, 5.41) is 0.781. The lowest BCUT2D eigenvalue weighted by Crippen LogP contribution is -2.36. The fourth-order valence-electron chi connectivity index (χ4n) is 3.13. The largest absolute Gasteiger partial charge is 0.491 e. The Bertz CT molecular complexity index is 1240. The number of rotatable bonds is 6. The van der Waals surface area contributed by atoms with Crippen molar-refractivity contribution in [3.8, 4) is 5.75 Å². The summed E-state index contributed by atoms with van der Waals surface area (Å²) in [6.07, 6.45) is 1.39. The second-order valence-electron chi connectivity index (χ2n) is 6.88. The summed E-state index contributed by atoms with van der Waals surface area (Å²) in [5.41, 5.74) is 1.94. The molecule has 0 fully saturated rings. The molecule has 0 bridgehead atoms. The highest BCUT2D eigenvalue weighted by molar-refractivity contribution is 6.01. The van der Waals surface area contributed by atoms with E-state index in [0.717, 1.165) is 16.7 Å². The van der Waals surface area contributed by atoms with E-state index in [1.165, 1.54) is 15.8 Å². The van der Waals surface area contributed by atoms with E-state index in [2.05, 4.69) is 4.98 Å². The van der Waals surface area contributed by atoms with E-state index < -0.39 is 0 Å². The molecule has 29 heavy (non-hydrogen) atoms. The second-order valence-corrected chi connectivity index (χ2v) is 6.88. The minimum absolute atomic E-state index is 0.111. The van der Waals surface area contributed by atoms with Gasteiger partial charge in [0.2, 0.25) is 11.5 Å². The molecule has 0 saturated heterocycles. The van der Waals surface area contributed by atoms with E-state index in [1.54, 1.807) is 13.1 Å². The molecule has 0 aliphatic carbocycles. The molecule has 4 aromatic rings. The number of hydrogen-bond acceptors (Lipinski definition) is 5. The Morgan fingerprint density at radius 3 is 2.76 bits per heavy atom. The first-order valence-electron chi connectivity index (χ1n) is 9.33. The molecule has 7 heteroatoms. The van der Waals surface area contributed by atoms with Crippen LogP contribution in [0.4, 0.5) is 0 Å². The summed E-state index contributed by atoms with van der Waals surface area (Å²) in [6.45, 7) is 2.63. The normalized spacial score (nSPS) is 11.1. The smallest absolute Gasteiger partial charge is 0.297 e. The molecule has 0 N–H and O–H groups in total. The van der Waals surface area contributed by atoms with Crippen LogP contribution >= 0.6 is 0 Å². The number of fused-ring (bicyclic) bond motifs is 3. The maximum Gasteiger partial charge on any atom is 0.297 e. The lowest BCUT2D eigenvalue weighted by Gasteiger charge is -2.18. The van der Waals surface area contributed by atoms with Gasteiger partial charge in [0.25, 0.3) is 5.56 Å². The zero-order valence-electron chi connectivity index (χ0n) is 16.3. The third kappa shape index (κ3) is 3.71. The number of carbonyl (C=O) groups excluding carboxylic acids is 1. The molecule has 0 atom stereocenters. The average molecular weight is 391 g/mol. The van der Waals surface area contributed by atoms with Gasteiger partial charge in [-0.1, -0.05) is 30.3 Å². The van der Waals surface area contributed by atoms with E-state index in [0.29, 0.717) is 24.3 Å². The Labute approximate surface area is 167 Å². The van der Waals surface area contributed by atoms with Crippen molar-refractivity contribution in [2.45, 2.75) is 13.5 Å². The zero-order valence-corrected chi connectivity index (χ0v) is 16.3. The Hall–Kier alpha value is -3.61. The predicted molar refractivity (Wildman–Crippen MR) is 110 cm³/mol. The zero-order chi connectivity index (χ0) is 20.4. The van der Waals surface area contributed by atoms with Crippen molar-refractivity contribution in [3.05, 3.63) is 70.8 Å². The molecule has 0 unspecified atom stereocenters. The number of benzene rings is 2. The molecule has 0 saturated carbocycles. The quantitative estimate of drug-likeness (QED) is 0.505. The fraction of sp³-hybridized carbons (Fsp3) is 0.227. The monoisotopic (exact) mass is 391 g/mol. The van der Waals surface area contributed by atoms with Gasteiger partial charge in [0.05, 0.1) is 12.9 Å². The molecule has 1 amide bonds. The van der Waals surface area contributed by atoms with Gasteiger partial charge in [0.15, 0.2) is 0 Å². The van der Waals surface area contributed by atoms with E-state index in [4.69, 9.17) is 9.15 Å². The number of ether oxygens (including phenoxy) is 1. The highest BCUT2D eigenvalue weighted by Gasteiger charge is 2.16. The van der Waals surface area contributed by atoms with Gasteiger partial charge < -0.3 is 14.1 Å². The van der Waals surface area contributed by atoms with Gasteiger partial charge in [-0.05, 0) is 30.7 Å². The number of aromatic nitrogens is 2. The molecule has 0 aliphatic heterocycles. The first-order valence-corrected chi connectivity index (χ1v) is 9.33. The van der Waals surface area contributed by atoms with Crippen molar-refractivity contribution in [1.29, 1.82) is 0 Å². The van der Waals surface area contributed by atoms with E-state index in [9.17, 15) is 9.59 Å². The standard InChI is InChI=1S/C22H21N3O4/c1-15-7-3-5-9-17(15)28-12-11-24(2)19(26)13-25-14-23-20-16-8-4-6-10-18(16)29-21(20)22(25)27/h3-10,14H,11-13H2,1-2H3. The number of amides is 1. The van der Waals surface area contributed by atoms with Crippen molar-refractivity contribution in [1.82, 2.24) is 14.5 Å². The lowest BCUT2D eigenvalue weighted by molar-refractivity contribution is -0.130. The van der Waals surface area contributed by atoms with Crippen molar-refractivity contribution >= 4 is 28.0 Å². The molecule has 2 aromatic heterocycles. The number of likely N-dealkylation sites (N-methyl/N-ethyl adjacent to an activating group) is 1. The van der Waals surface area contributed by atoms with E-state index in [1.807, 2.05) is 49.4 Å². The molecule has 2 heterocycles. The molecule has 7 nitrogen and oxygen atoms in total. The molecular formula is C22H21N3O4. The number of furan rings is 1. The van der Waals surface area contributed by atoms with Crippen LogP contribution in [-0.4, -0.2) is 40.6 Å². The maximum absolute atomic E-state index is 12.7. The average Bonchev–Trinajstić information content (AvgIpc) is 3.11. The molecule has 148 valence electrons. The Morgan fingerprint density at radius 2 is 1.93 bits per heavy atom. The van der Waals surface area contributed by atoms with Crippen LogP contribution in [0, 0.1) is 6.92 Å². The molecule has 0 radical (unpaired) electrons. The minimum atomic E-state index is -0.371. The van der Waals surface area contributed by atoms with Gasteiger partial charge in [-0.25, -0.2) is 4.98 Å². The number of hydrogen-bond donors (Lipinski definition) is 0. The molecule has 0 spiro atoms. The first-order chi connectivity index (χ1) is 14.0. The van der Waals surface area contributed by atoms with Crippen LogP contribution in [0.2, 0.25) is 0 Å². The maximum atomic E-state index is 12.7. The van der Waals surface area contributed by atoms with E-state index >= 15 is 0 Å². The molecular weight excluding hydrogens is 370 g/mol. The van der Waals surface area contributed by atoms with Gasteiger partial charge in [0, 0.05) is 12.4 Å². The van der Waals surface area contributed by atoms with Gasteiger partial charge in [-0.2, -0.15) is 0 Å². The molecule has 2 aromatic carbocycles. The Morgan fingerprint density at radius 1 is 1.17 bits per heavy atom. The summed E-state index contributed by atoms with van der Waals surface area (Å²) in [6, 6.07) is 15.1. The number of carbonyl (C=O) groups is 1. The highest BCUT2D eigenvalue weighted by Crippen LogP contribution is 2.24. The van der Waals surface area contributed by atoms with Gasteiger partial charge in [-0.15, -0.1) is 0 Å². The Kier molecular flexibility index (Phi) is 5.03. The van der Waals surface area contributed by atoms with Crippen molar-refractivity contribution in [2.75, 3.05) is 20.2 Å². The summed E-state index contributed by atoms with van der Waals surface area (Å²) >= 11 is 0. The second kappa shape index (κ2) is 7.79. The summed E-state index contributed by atoms with van der Waals surface area (Å²) in [5.74, 6) is 0.585. The van der Waals surface area contributed by atoms with Gasteiger partial charge in [-0.3, -0.25) is 14.2 Å². The summed E-state index contributed by atoms with van der Waals surface area (Å²) in [7, 11) is 1.68. The summed E-state index contributed by atoms with van der Waals surface area (Å²) in [4.78, 5) is 31.1. The lowest BCUT2D eigenvalue weighted by atomic mass is 10.2. The first kappa shape index (κ1) is 18.7.